The highest BCUT2D eigenvalue weighted by Gasteiger charge is 2.26. The van der Waals surface area contributed by atoms with E-state index >= 15 is 0 Å². The molecule has 23 heavy (non-hydrogen) atoms. The van der Waals surface area contributed by atoms with E-state index in [1.165, 1.54) is 11.8 Å². The van der Waals surface area contributed by atoms with Crippen LogP contribution < -0.4 is 14.8 Å². The molecule has 7 nitrogen and oxygen atoms in total. The van der Waals surface area contributed by atoms with Gasteiger partial charge in [0.15, 0.2) is 5.16 Å². The van der Waals surface area contributed by atoms with Gasteiger partial charge in [-0.15, -0.1) is 10.2 Å². The predicted molar refractivity (Wildman–Crippen MR) is 87.2 cm³/mol. The monoisotopic (exact) mass is 334 g/mol. The molecule has 0 spiro atoms. The van der Waals surface area contributed by atoms with Gasteiger partial charge in [-0.05, 0) is 25.0 Å². The van der Waals surface area contributed by atoms with E-state index in [-0.39, 0.29) is 11.7 Å². The normalized spacial score (nSPS) is 13.7. The Morgan fingerprint density at radius 1 is 1.39 bits per heavy atom. The van der Waals surface area contributed by atoms with Gasteiger partial charge in [-0.3, -0.25) is 4.79 Å². The minimum atomic E-state index is -0.132. The first kappa shape index (κ1) is 15.7. The average molecular weight is 334 g/mol. The van der Waals surface area contributed by atoms with Crippen LogP contribution in [0.3, 0.4) is 0 Å². The van der Waals surface area contributed by atoms with Crippen LogP contribution in [0.4, 0.5) is 5.69 Å². The van der Waals surface area contributed by atoms with Crippen LogP contribution in [0.1, 0.15) is 18.9 Å². The van der Waals surface area contributed by atoms with Crippen LogP contribution in [0.5, 0.6) is 11.5 Å². The molecule has 1 aromatic carbocycles. The lowest BCUT2D eigenvalue weighted by atomic mass is 10.2. The molecule has 0 aliphatic heterocycles. The molecule has 0 radical (unpaired) electrons. The maximum atomic E-state index is 12.2. The van der Waals surface area contributed by atoms with E-state index in [9.17, 15) is 4.79 Å². The number of ether oxygens (including phenoxy) is 2. The standard InChI is InChI=1S/C15H18N4O3S/c1-21-11-5-6-13(22-2)12(7-11)17-14(20)8-23-15-18-16-9-19(15)10-3-4-10/h5-7,9-10H,3-4,8H2,1-2H3,(H,17,20). The second-order valence-electron chi connectivity index (χ2n) is 5.16. The van der Waals surface area contributed by atoms with Crippen LogP contribution in [-0.4, -0.2) is 40.6 Å². The molecule has 1 heterocycles. The molecule has 8 heteroatoms. The molecule has 1 N–H and O–H groups in total. The Balaban J connectivity index is 1.61. The van der Waals surface area contributed by atoms with Gasteiger partial charge in [0.2, 0.25) is 5.91 Å². The molecule has 1 aromatic heterocycles. The molecule has 1 aliphatic rings. The summed E-state index contributed by atoms with van der Waals surface area (Å²) in [6.07, 6.45) is 4.03. The van der Waals surface area contributed by atoms with E-state index in [2.05, 4.69) is 15.5 Å². The van der Waals surface area contributed by atoms with Crippen LogP contribution in [0.15, 0.2) is 29.7 Å². The van der Waals surface area contributed by atoms with Gasteiger partial charge < -0.3 is 19.4 Å². The van der Waals surface area contributed by atoms with E-state index in [1.54, 1.807) is 38.7 Å². The van der Waals surface area contributed by atoms with Gasteiger partial charge in [-0.2, -0.15) is 0 Å². The largest absolute Gasteiger partial charge is 0.497 e. The minimum Gasteiger partial charge on any atom is -0.497 e. The fourth-order valence-electron chi connectivity index (χ4n) is 2.17. The first-order chi connectivity index (χ1) is 11.2. The van der Waals surface area contributed by atoms with Gasteiger partial charge in [0, 0.05) is 12.1 Å². The van der Waals surface area contributed by atoms with Crippen molar-refractivity contribution in [1.29, 1.82) is 0 Å². The van der Waals surface area contributed by atoms with E-state index in [0.29, 0.717) is 23.2 Å². The zero-order chi connectivity index (χ0) is 16.2. The highest BCUT2D eigenvalue weighted by Crippen LogP contribution is 2.37. The number of aromatic nitrogens is 3. The van der Waals surface area contributed by atoms with E-state index < -0.39 is 0 Å². The first-order valence-corrected chi connectivity index (χ1v) is 8.24. The van der Waals surface area contributed by atoms with Crippen LogP contribution >= 0.6 is 11.8 Å². The number of benzene rings is 1. The Morgan fingerprint density at radius 3 is 2.91 bits per heavy atom. The summed E-state index contributed by atoms with van der Waals surface area (Å²) in [7, 11) is 3.14. The van der Waals surface area contributed by atoms with Crippen molar-refractivity contribution in [3.63, 3.8) is 0 Å². The van der Waals surface area contributed by atoms with E-state index in [1.807, 2.05) is 4.57 Å². The zero-order valence-corrected chi connectivity index (χ0v) is 13.8. The molecular weight excluding hydrogens is 316 g/mol. The average Bonchev–Trinajstić information content (AvgIpc) is 3.31. The van der Waals surface area contributed by atoms with Crippen LogP contribution in [-0.2, 0) is 4.79 Å². The number of hydrogen-bond donors (Lipinski definition) is 1. The van der Waals surface area contributed by atoms with Crippen LogP contribution in [0.25, 0.3) is 0 Å². The second-order valence-corrected chi connectivity index (χ2v) is 6.10. The number of nitrogens with one attached hydrogen (secondary N) is 1. The van der Waals surface area contributed by atoms with Crippen molar-refractivity contribution in [3.05, 3.63) is 24.5 Å². The molecule has 0 unspecified atom stereocenters. The molecule has 1 amide bonds. The Hall–Kier alpha value is -2.22. The Labute approximate surface area is 138 Å². The number of carbonyl (C=O) groups is 1. The van der Waals surface area contributed by atoms with Crippen molar-refractivity contribution in [2.75, 3.05) is 25.3 Å². The summed E-state index contributed by atoms with van der Waals surface area (Å²) >= 11 is 1.38. The smallest absolute Gasteiger partial charge is 0.234 e. The third-order valence-electron chi connectivity index (χ3n) is 3.49. The number of thioether (sulfide) groups is 1. The van der Waals surface area contributed by atoms with Gasteiger partial charge in [0.1, 0.15) is 17.8 Å². The minimum absolute atomic E-state index is 0.132. The van der Waals surface area contributed by atoms with Crippen molar-refractivity contribution in [1.82, 2.24) is 14.8 Å². The van der Waals surface area contributed by atoms with Crippen LogP contribution in [0.2, 0.25) is 0 Å². The number of methoxy groups -OCH3 is 2. The van der Waals surface area contributed by atoms with Gasteiger partial charge >= 0.3 is 0 Å². The number of hydrogen-bond acceptors (Lipinski definition) is 6. The predicted octanol–water partition coefficient (Wildman–Crippen LogP) is 2.36. The lowest BCUT2D eigenvalue weighted by molar-refractivity contribution is -0.113. The first-order valence-electron chi connectivity index (χ1n) is 7.25. The third-order valence-corrected chi connectivity index (χ3v) is 4.45. The fraction of sp³-hybridized carbons (Fsp3) is 0.400. The van der Waals surface area contributed by atoms with Crippen molar-refractivity contribution >= 4 is 23.4 Å². The summed E-state index contributed by atoms with van der Waals surface area (Å²) in [4.78, 5) is 12.2. The summed E-state index contributed by atoms with van der Waals surface area (Å²) in [6.45, 7) is 0. The Morgan fingerprint density at radius 2 is 2.22 bits per heavy atom. The SMILES string of the molecule is COc1ccc(OC)c(NC(=O)CSc2nncn2C2CC2)c1. The molecular formula is C15H18N4O3S. The van der Waals surface area contributed by atoms with Crippen molar-refractivity contribution in [2.45, 2.75) is 24.0 Å². The molecule has 3 rings (SSSR count). The molecule has 0 atom stereocenters. The Kier molecular flexibility index (Phi) is 4.71. The second kappa shape index (κ2) is 6.91. The molecule has 2 aromatic rings. The molecule has 1 saturated carbocycles. The number of amides is 1. The van der Waals surface area contributed by atoms with Gasteiger partial charge in [0.05, 0.1) is 25.7 Å². The van der Waals surface area contributed by atoms with Gasteiger partial charge in [-0.1, -0.05) is 11.8 Å². The molecule has 0 saturated heterocycles. The highest BCUT2D eigenvalue weighted by atomic mass is 32.2. The van der Waals surface area contributed by atoms with Gasteiger partial charge in [0.25, 0.3) is 0 Å². The Bertz CT molecular complexity index is 700. The number of rotatable bonds is 7. The molecule has 1 fully saturated rings. The summed E-state index contributed by atoms with van der Waals surface area (Å²) in [5.41, 5.74) is 0.584. The van der Waals surface area contributed by atoms with Gasteiger partial charge in [-0.25, -0.2) is 0 Å². The van der Waals surface area contributed by atoms with Crippen molar-refractivity contribution in [3.8, 4) is 11.5 Å². The quantitative estimate of drug-likeness (QED) is 0.783. The molecule has 0 bridgehead atoms. The molecule has 1 aliphatic carbocycles. The topological polar surface area (TPSA) is 78.3 Å². The third kappa shape index (κ3) is 3.76. The van der Waals surface area contributed by atoms with E-state index in [4.69, 9.17) is 9.47 Å². The number of anilines is 1. The number of nitrogens with zero attached hydrogens (tertiary/aromatic N) is 3. The summed E-state index contributed by atoms with van der Waals surface area (Å²) in [5.74, 6) is 1.37. The summed E-state index contributed by atoms with van der Waals surface area (Å²) in [6, 6.07) is 5.76. The van der Waals surface area contributed by atoms with Crippen molar-refractivity contribution in [2.24, 2.45) is 0 Å². The highest BCUT2D eigenvalue weighted by molar-refractivity contribution is 7.99. The van der Waals surface area contributed by atoms with Crippen LogP contribution in [0, 0.1) is 0 Å². The fourth-order valence-corrected chi connectivity index (χ4v) is 2.95. The van der Waals surface area contributed by atoms with E-state index in [0.717, 1.165) is 18.0 Å². The lowest BCUT2D eigenvalue weighted by Gasteiger charge is -2.11. The summed E-state index contributed by atoms with van der Waals surface area (Å²) in [5, 5.41) is 11.6. The van der Waals surface area contributed by atoms with Crippen molar-refractivity contribution < 1.29 is 14.3 Å². The zero-order valence-electron chi connectivity index (χ0n) is 13.0. The lowest BCUT2D eigenvalue weighted by Crippen LogP contribution is -2.15. The summed E-state index contributed by atoms with van der Waals surface area (Å²) < 4.78 is 12.5. The maximum absolute atomic E-state index is 12.2. The maximum Gasteiger partial charge on any atom is 0.234 e. The number of carbonyl (C=O) groups excluding carboxylic acids is 1. The molecule has 122 valence electrons.